The van der Waals surface area contributed by atoms with E-state index < -0.39 is 0 Å². The number of aryl methyl sites for hydroxylation is 1. The van der Waals surface area contributed by atoms with Crippen LogP contribution in [0, 0.1) is 5.92 Å². The minimum Gasteiger partial charge on any atom is -0.381 e. The van der Waals surface area contributed by atoms with Crippen LogP contribution in [-0.2, 0) is 11.2 Å². The van der Waals surface area contributed by atoms with Gasteiger partial charge in [0.05, 0.1) is 30.9 Å². The monoisotopic (exact) mass is 271 g/mol. The van der Waals surface area contributed by atoms with Gasteiger partial charge in [0.1, 0.15) is 0 Å². The van der Waals surface area contributed by atoms with Gasteiger partial charge < -0.3 is 15.0 Å². The molecule has 1 aromatic carbocycles. The van der Waals surface area contributed by atoms with Crippen molar-refractivity contribution < 1.29 is 4.74 Å². The number of aromatic nitrogens is 2. The lowest BCUT2D eigenvalue weighted by atomic mass is 9.97. The van der Waals surface area contributed by atoms with Gasteiger partial charge in [-0.15, -0.1) is 0 Å². The molecular weight excluding hydrogens is 250 g/mol. The molecule has 1 saturated heterocycles. The summed E-state index contributed by atoms with van der Waals surface area (Å²) in [4.78, 5) is 4.28. The van der Waals surface area contributed by atoms with E-state index in [0.29, 0.717) is 5.92 Å². The molecule has 0 amide bonds. The number of rotatable bonds is 4. The first kappa shape index (κ1) is 13.3. The lowest BCUT2D eigenvalue weighted by molar-refractivity contribution is 0.180. The van der Waals surface area contributed by atoms with Crippen LogP contribution >= 0.6 is 0 Å². The van der Waals surface area contributed by atoms with Crippen molar-refractivity contribution in [1.29, 1.82) is 0 Å². The molecule has 0 saturated carbocycles. The molecule has 1 aromatic heterocycles. The summed E-state index contributed by atoms with van der Waals surface area (Å²) in [5.74, 6) is 0.389. The Kier molecular flexibility index (Phi) is 3.85. The number of nitrogens with two attached hydrogens (primary N) is 1. The molecule has 2 atom stereocenters. The number of hydrogen-bond donors (Lipinski definition) is 1. The predicted molar refractivity (Wildman–Crippen MR) is 78.8 cm³/mol. The Morgan fingerprint density at radius 2 is 2.20 bits per heavy atom. The number of ether oxygens (including phenoxy) is 1. The van der Waals surface area contributed by atoms with Crippen LogP contribution < -0.4 is 5.73 Å². The van der Waals surface area contributed by atoms with Gasteiger partial charge in [0.15, 0.2) is 0 Å². The molecule has 2 aromatic rings. The van der Waals surface area contributed by atoms with Gasteiger partial charge in [-0.3, -0.25) is 0 Å². The predicted octanol–water partition coefficient (Wildman–Crippen LogP) is 2.47. The molecule has 2 unspecified atom stereocenters. The van der Waals surface area contributed by atoms with Crippen molar-refractivity contribution in [2.24, 2.45) is 11.7 Å². The third-order valence-electron chi connectivity index (χ3n) is 4.10. The highest BCUT2D eigenvalue weighted by atomic mass is 16.5. The van der Waals surface area contributed by atoms with E-state index in [4.69, 9.17) is 10.5 Å². The largest absolute Gasteiger partial charge is 0.381 e. The first-order valence-corrected chi connectivity index (χ1v) is 7.24. The van der Waals surface area contributed by atoms with Crippen molar-refractivity contribution >= 4 is 0 Å². The van der Waals surface area contributed by atoms with Crippen LogP contribution in [0.3, 0.4) is 0 Å². The molecule has 1 aliphatic rings. The van der Waals surface area contributed by atoms with Gasteiger partial charge in [-0.25, -0.2) is 4.98 Å². The van der Waals surface area contributed by atoms with Crippen LogP contribution in [0.5, 0.6) is 0 Å². The van der Waals surface area contributed by atoms with Gasteiger partial charge in [-0.05, 0) is 30.5 Å². The summed E-state index contributed by atoms with van der Waals surface area (Å²) in [6.45, 7) is 3.73. The van der Waals surface area contributed by atoms with Crippen molar-refractivity contribution in [2.45, 2.75) is 25.8 Å². The van der Waals surface area contributed by atoms with Crippen LogP contribution in [0.25, 0.3) is 5.69 Å². The van der Waals surface area contributed by atoms with E-state index in [1.807, 2.05) is 12.5 Å². The maximum absolute atomic E-state index is 6.40. The fourth-order valence-corrected chi connectivity index (χ4v) is 2.74. The Hall–Kier alpha value is -1.65. The summed E-state index contributed by atoms with van der Waals surface area (Å²) >= 11 is 0. The van der Waals surface area contributed by atoms with E-state index >= 15 is 0 Å². The number of nitrogens with zero attached hydrogens (tertiary/aromatic N) is 2. The van der Waals surface area contributed by atoms with Crippen molar-refractivity contribution in [2.75, 3.05) is 13.2 Å². The van der Waals surface area contributed by atoms with E-state index in [2.05, 4.69) is 40.7 Å². The maximum atomic E-state index is 6.40. The Balaban J connectivity index is 1.88. The standard InChI is InChI=1S/C16H21N3O/c1-2-12-3-5-14(6-4-12)19-11-18-9-15(19)16(17)13-7-8-20-10-13/h3-6,9,11,13,16H,2,7-8,10,17H2,1H3. The van der Waals surface area contributed by atoms with Gasteiger partial charge in [-0.2, -0.15) is 0 Å². The second kappa shape index (κ2) is 5.77. The van der Waals surface area contributed by atoms with E-state index in [-0.39, 0.29) is 6.04 Å². The highest BCUT2D eigenvalue weighted by Gasteiger charge is 2.26. The summed E-state index contributed by atoms with van der Waals surface area (Å²) in [5, 5.41) is 0. The van der Waals surface area contributed by atoms with Crippen LogP contribution in [0.15, 0.2) is 36.8 Å². The Morgan fingerprint density at radius 3 is 2.85 bits per heavy atom. The zero-order valence-corrected chi connectivity index (χ0v) is 11.8. The fourth-order valence-electron chi connectivity index (χ4n) is 2.74. The molecule has 2 N–H and O–H groups in total. The van der Waals surface area contributed by atoms with Gasteiger partial charge in [0.2, 0.25) is 0 Å². The second-order valence-corrected chi connectivity index (χ2v) is 5.36. The molecule has 20 heavy (non-hydrogen) atoms. The lowest BCUT2D eigenvalue weighted by Gasteiger charge is -2.19. The summed E-state index contributed by atoms with van der Waals surface area (Å²) in [7, 11) is 0. The summed E-state index contributed by atoms with van der Waals surface area (Å²) < 4.78 is 7.53. The number of imidazole rings is 1. The molecule has 4 heteroatoms. The molecule has 0 spiro atoms. The van der Waals surface area contributed by atoms with Crippen LogP contribution in [0.2, 0.25) is 0 Å². The van der Waals surface area contributed by atoms with E-state index in [1.165, 1.54) is 5.56 Å². The maximum Gasteiger partial charge on any atom is 0.0994 e. The SMILES string of the molecule is CCc1ccc(-n2cncc2C(N)C2CCOC2)cc1. The Bertz CT molecular complexity index is 555. The highest BCUT2D eigenvalue weighted by Crippen LogP contribution is 2.28. The molecular formula is C16H21N3O. The van der Waals surface area contributed by atoms with E-state index in [0.717, 1.165) is 37.4 Å². The molecule has 0 bridgehead atoms. The first-order chi connectivity index (χ1) is 9.79. The van der Waals surface area contributed by atoms with Crippen molar-refractivity contribution in [1.82, 2.24) is 9.55 Å². The minimum atomic E-state index is -0.0224. The number of benzene rings is 1. The van der Waals surface area contributed by atoms with Gasteiger partial charge in [0, 0.05) is 18.2 Å². The zero-order valence-electron chi connectivity index (χ0n) is 11.8. The third kappa shape index (κ3) is 2.49. The second-order valence-electron chi connectivity index (χ2n) is 5.36. The molecule has 0 aliphatic carbocycles. The highest BCUT2D eigenvalue weighted by molar-refractivity contribution is 5.37. The third-order valence-corrected chi connectivity index (χ3v) is 4.10. The van der Waals surface area contributed by atoms with E-state index in [9.17, 15) is 0 Å². The lowest BCUT2D eigenvalue weighted by Crippen LogP contribution is -2.24. The van der Waals surface area contributed by atoms with Gasteiger partial charge in [0.25, 0.3) is 0 Å². The summed E-state index contributed by atoms with van der Waals surface area (Å²) in [6.07, 6.45) is 5.79. The van der Waals surface area contributed by atoms with Gasteiger partial charge in [-0.1, -0.05) is 19.1 Å². The van der Waals surface area contributed by atoms with Crippen LogP contribution in [0.1, 0.15) is 30.6 Å². The molecule has 4 nitrogen and oxygen atoms in total. The van der Waals surface area contributed by atoms with Crippen molar-refractivity contribution in [3.05, 3.63) is 48.0 Å². The zero-order chi connectivity index (χ0) is 13.9. The van der Waals surface area contributed by atoms with Crippen LogP contribution in [0.4, 0.5) is 0 Å². The first-order valence-electron chi connectivity index (χ1n) is 7.24. The minimum absolute atomic E-state index is 0.0224. The average molecular weight is 271 g/mol. The van der Waals surface area contributed by atoms with Crippen molar-refractivity contribution in [3.8, 4) is 5.69 Å². The molecule has 3 rings (SSSR count). The molecule has 106 valence electrons. The quantitative estimate of drug-likeness (QED) is 0.929. The Morgan fingerprint density at radius 1 is 1.40 bits per heavy atom. The normalized spacial score (nSPS) is 20.2. The van der Waals surface area contributed by atoms with Gasteiger partial charge >= 0.3 is 0 Å². The van der Waals surface area contributed by atoms with Crippen molar-refractivity contribution in [3.63, 3.8) is 0 Å². The van der Waals surface area contributed by atoms with E-state index in [1.54, 1.807) is 0 Å². The molecule has 2 heterocycles. The average Bonchev–Trinajstić information content (AvgIpc) is 3.18. The fraction of sp³-hybridized carbons (Fsp3) is 0.438. The molecule has 0 radical (unpaired) electrons. The summed E-state index contributed by atoms with van der Waals surface area (Å²) in [5.41, 5.74) is 9.91. The summed E-state index contributed by atoms with van der Waals surface area (Å²) in [6, 6.07) is 8.54. The Labute approximate surface area is 119 Å². The molecule has 1 aliphatic heterocycles. The topological polar surface area (TPSA) is 53.1 Å². The number of hydrogen-bond acceptors (Lipinski definition) is 3. The molecule has 1 fully saturated rings. The smallest absolute Gasteiger partial charge is 0.0994 e. The van der Waals surface area contributed by atoms with Crippen LogP contribution in [-0.4, -0.2) is 22.8 Å².